The number of rotatable bonds is 2. The van der Waals surface area contributed by atoms with E-state index in [1.165, 1.54) is 0 Å². The van der Waals surface area contributed by atoms with Crippen LogP contribution in [0.2, 0.25) is 5.02 Å². The molecule has 26 heavy (non-hydrogen) atoms. The highest BCUT2D eigenvalue weighted by molar-refractivity contribution is 6.30. The number of hydrogen-bond acceptors (Lipinski definition) is 5. The minimum atomic E-state index is 0.169. The van der Waals surface area contributed by atoms with Crippen LogP contribution >= 0.6 is 11.6 Å². The molecule has 0 unspecified atom stereocenters. The molecule has 5 rings (SSSR count). The Morgan fingerprint density at radius 3 is 2.69 bits per heavy atom. The highest BCUT2D eigenvalue weighted by Crippen LogP contribution is 2.26. The van der Waals surface area contributed by atoms with E-state index in [9.17, 15) is 5.11 Å². The molecular formula is C18H11ClN6O. The predicted molar refractivity (Wildman–Crippen MR) is 97.5 cm³/mol. The van der Waals surface area contributed by atoms with Gasteiger partial charge in [-0.2, -0.15) is 5.10 Å². The van der Waals surface area contributed by atoms with E-state index in [0.29, 0.717) is 22.1 Å². The van der Waals surface area contributed by atoms with Crippen LogP contribution < -0.4 is 0 Å². The lowest BCUT2D eigenvalue weighted by Gasteiger charge is -2.04. The summed E-state index contributed by atoms with van der Waals surface area (Å²) in [5.74, 6) is 0.767. The molecule has 0 amide bonds. The van der Waals surface area contributed by atoms with Crippen molar-refractivity contribution < 1.29 is 5.11 Å². The van der Waals surface area contributed by atoms with Gasteiger partial charge in [0.05, 0.1) is 17.3 Å². The Morgan fingerprint density at radius 1 is 0.962 bits per heavy atom. The molecule has 5 aromatic rings. The smallest absolute Gasteiger partial charge is 0.175 e. The summed E-state index contributed by atoms with van der Waals surface area (Å²) in [6.07, 6.45) is 3.36. The second-order valence-corrected chi connectivity index (χ2v) is 6.22. The minimum absolute atomic E-state index is 0.169. The molecule has 8 heteroatoms. The lowest BCUT2D eigenvalue weighted by Crippen LogP contribution is -1.99. The van der Waals surface area contributed by atoms with Crippen LogP contribution in [0.25, 0.3) is 33.8 Å². The van der Waals surface area contributed by atoms with Crippen molar-refractivity contribution in [2.75, 3.05) is 0 Å². The van der Waals surface area contributed by atoms with E-state index in [2.05, 4.69) is 20.3 Å². The molecule has 3 heterocycles. The summed E-state index contributed by atoms with van der Waals surface area (Å²) in [4.78, 5) is 4.53. The molecule has 0 fully saturated rings. The van der Waals surface area contributed by atoms with Crippen LogP contribution in [-0.4, -0.2) is 34.5 Å². The highest BCUT2D eigenvalue weighted by atomic mass is 35.5. The average molecular weight is 363 g/mol. The van der Waals surface area contributed by atoms with Gasteiger partial charge in [0.1, 0.15) is 12.1 Å². The molecular weight excluding hydrogens is 352 g/mol. The maximum atomic E-state index is 9.71. The zero-order chi connectivity index (χ0) is 17.7. The fourth-order valence-corrected chi connectivity index (χ4v) is 3.14. The predicted octanol–water partition coefficient (Wildman–Crippen LogP) is 3.49. The van der Waals surface area contributed by atoms with Crippen molar-refractivity contribution in [1.82, 2.24) is 29.4 Å². The first-order valence-electron chi connectivity index (χ1n) is 7.83. The van der Waals surface area contributed by atoms with Gasteiger partial charge < -0.3 is 5.11 Å². The van der Waals surface area contributed by atoms with Gasteiger partial charge in [-0.15, -0.1) is 10.2 Å². The standard InChI is InChI=1S/C18H11ClN6O/c19-12-4-2-5-13(8-12)25-17-15(9-21-25)18-23-22-16(24(18)10-20-17)11-3-1-6-14(26)7-11/h1-10,26H. The maximum absolute atomic E-state index is 9.71. The van der Waals surface area contributed by atoms with E-state index in [-0.39, 0.29) is 5.75 Å². The second-order valence-electron chi connectivity index (χ2n) is 5.79. The molecule has 0 spiro atoms. The topological polar surface area (TPSA) is 81.1 Å². The zero-order valence-corrected chi connectivity index (χ0v) is 14.0. The van der Waals surface area contributed by atoms with Crippen molar-refractivity contribution in [3.8, 4) is 22.8 Å². The number of halogens is 1. The molecule has 0 bridgehead atoms. The Kier molecular flexibility index (Phi) is 3.16. The number of phenolic OH excluding ortho intramolecular Hbond substituents is 1. The summed E-state index contributed by atoms with van der Waals surface area (Å²) in [7, 11) is 0. The summed E-state index contributed by atoms with van der Waals surface area (Å²) in [6, 6.07) is 14.3. The van der Waals surface area contributed by atoms with Crippen LogP contribution in [0.3, 0.4) is 0 Å². The van der Waals surface area contributed by atoms with Gasteiger partial charge in [0.2, 0.25) is 0 Å². The first-order chi connectivity index (χ1) is 12.7. The van der Waals surface area contributed by atoms with Crippen LogP contribution in [0, 0.1) is 0 Å². The molecule has 1 N–H and O–H groups in total. The van der Waals surface area contributed by atoms with E-state index in [0.717, 1.165) is 16.6 Å². The molecule has 0 atom stereocenters. The number of benzene rings is 2. The molecule has 0 aliphatic carbocycles. The summed E-state index contributed by atoms with van der Waals surface area (Å²) >= 11 is 6.08. The molecule has 0 saturated heterocycles. The van der Waals surface area contributed by atoms with Gasteiger partial charge in [-0.3, -0.25) is 4.40 Å². The number of fused-ring (bicyclic) bond motifs is 3. The second kappa shape index (κ2) is 5.53. The number of aromatic nitrogens is 6. The van der Waals surface area contributed by atoms with Gasteiger partial charge in [0.25, 0.3) is 0 Å². The van der Waals surface area contributed by atoms with Crippen molar-refractivity contribution >= 4 is 28.3 Å². The first kappa shape index (κ1) is 14.9. The molecule has 126 valence electrons. The van der Waals surface area contributed by atoms with E-state index in [1.807, 2.05) is 30.3 Å². The van der Waals surface area contributed by atoms with Crippen LogP contribution in [0.4, 0.5) is 0 Å². The van der Waals surface area contributed by atoms with E-state index < -0.39 is 0 Å². The van der Waals surface area contributed by atoms with Crippen LogP contribution in [0.15, 0.2) is 61.1 Å². The fraction of sp³-hybridized carbons (Fsp3) is 0. The SMILES string of the molecule is Oc1cccc(-c2nnc3c4cnn(-c5cccc(Cl)c5)c4ncn23)c1. The third-order valence-electron chi connectivity index (χ3n) is 4.13. The number of nitrogens with zero attached hydrogens (tertiary/aromatic N) is 6. The van der Waals surface area contributed by atoms with Crippen LogP contribution in [-0.2, 0) is 0 Å². The average Bonchev–Trinajstić information content (AvgIpc) is 3.25. The monoisotopic (exact) mass is 362 g/mol. The normalized spacial score (nSPS) is 11.4. The Morgan fingerprint density at radius 2 is 1.85 bits per heavy atom. The van der Waals surface area contributed by atoms with Crippen molar-refractivity contribution in [2.24, 2.45) is 0 Å². The maximum Gasteiger partial charge on any atom is 0.175 e. The van der Waals surface area contributed by atoms with Crippen LogP contribution in [0.5, 0.6) is 5.75 Å². The molecule has 0 saturated carbocycles. The zero-order valence-electron chi connectivity index (χ0n) is 13.3. The summed E-state index contributed by atoms with van der Waals surface area (Å²) in [5, 5.41) is 24.1. The Hall–Kier alpha value is -3.45. The van der Waals surface area contributed by atoms with E-state index in [4.69, 9.17) is 11.6 Å². The number of hydrogen-bond donors (Lipinski definition) is 1. The molecule has 2 aromatic carbocycles. The van der Waals surface area contributed by atoms with Gasteiger partial charge in [-0.25, -0.2) is 9.67 Å². The fourth-order valence-electron chi connectivity index (χ4n) is 2.96. The van der Waals surface area contributed by atoms with Crippen LogP contribution in [0.1, 0.15) is 0 Å². The number of phenols is 1. The lowest BCUT2D eigenvalue weighted by molar-refractivity contribution is 0.475. The quantitative estimate of drug-likeness (QED) is 0.520. The third-order valence-corrected chi connectivity index (χ3v) is 4.37. The molecule has 3 aromatic heterocycles. The Labute approximate surface area is 152 Å². The summed E-state index contributed by atoms with van der Waals surface area (Å²) in [5.41, 5.74) is 2.87. The Bertz CT molecular complexity index is 1180. The molecule has 0 aliphatic rings. The molecule has 0 aliphatic heterocycles. The van der Waals surface area contributed by atoms with Crippen molar-refractivity contribution in [2.45, 2.75) is 0 Å². The summed E-state index contributed by atoms with van der Waals surface area (Å²) < 4.78 is 3.49. The third kappa shape index (κ3) is 2.21. The number of aromatic hydroxyl groups is 1. The van der Waals surface area contributed by atoms with Gasteiger partial charge in [0.15, 0.2) is 17.1 Å². The van der Waals surface area contributed by atoms with Gasteiger partial charge >= 0.3 is 0 Å². The van der Waals surface area contributed by atoms with Gasteiger partial charge in [-0.05, 0) is 30.3 Å². The van der Waals surface area contributed by atoms with Crippen molar-refractivity contribution in [1.29, 1.82) is 0 Å². The van der Waals surface area contributed by atoms with Crippen molar-refractivity contribution in [3.05, 3.63) is 66.1 Å². The van der Waals surface area contributed by atoms with Gasteiger partial charge in [-0.1, -0.05) is 29.8 Å². The largest absolute Gasteiger partial charge is 0.508 e. The Balaban J connectivity index is 1.73. The van der Waals surface area contributed by atoms with E-state index in [1.54, 1.807) is 39.8 Å². The van der Waals surface area contributed by atoms with E-state index >= 15 is 0 Å². The highest BCUT2D eigenvalue weighted by Gasteiger charge is 2.15. The molecule has 0 radical (unpaired) electrons. The first-order valence-corrected chi connectivity index (χ1v) is 8.21. The minimum Gasteiger partial charge on any atom is -0.508 e. The van der Waals surface area contributed by atoms with Crippen molar-refractivity contribution in [3.63, 3.8) is 0 Å². The van der Waals surface area contributed by atoms with Gasteiger partial charge in [0, 0.05) is 10.6 Å². The molecule has 7 nitrogen and oxygen atoms in total. The summed E-state index contributed by atoms with van der Waals surface area (Å²) in [6.45, 7) is 0. The lowest BCUT2D eigenvalue weighted by atomic mass is 10.2.